The van der Waals surface area contributed by atoms with Crippen LogP contribution in [0.2, 0.25) is 5.02 Å². The molecule has 0 radical (unpaired) electrons. The second-order valence-electron chi connectivity index (χ2n) is 5.40. The van der Waals surface area contributed by atoms with Gasteiger partial charge in [0.15, 0.2) is 0 Å². The van der Waals surface area contributed by atoms with Gasteiger partial charge >= 0.3 is 11.9 Å². The van der Waals surface area contributed by atoms with Crippen molar-refractivity contribution in [1.29, 1.82) is 0 Å². The molecule has 0 unspecified atom stereocenters. The van der Waals surface area contributed by atoms with E-state index >= 15 is 0 Å². The summed E-state index contributed by atoms with van der Waals surface area (Å²) in [5, 5.41) is 19.6. The maximum Gasteiger partial charge on any atom is 0.336 e. The predicted octanol–water partition coefficient (Wildman–Crippen LogP) is 3.19. The van der Waals surface area contributed by atoms with Crippen LogP contribution in [0.15, 0.2) is 30.3 Å². The molecule has 4 N–H and O–H groups in total. The number of hydrogen-bond donors (Lipinski definition) is 3. The van der Waals surface area contributed by atoms with Crippen LogP contribution in [-0.2, 0) is 11.3 Å². The van der Waals surface area contributed by atoms with E-state index in [2.05, 4.69) is 0 Å². The van der Waals surface area contributed by atoms with Crippen molar-refractivity contribution < 1.29 is 24.5 Å². The molecule has 2 aromatic rings. The maximum absolute atomic E-state index is 11.9. The van der Waals surface area contributed by atoms with E-state index in [1.807, 2.05) is 0 Å². The van der Waals surface area contributed by atoms with Gasteiger partial charge in [-0.25, -0.2) is 9.59 Å². The highest BCUT2D eigenvalue weighted by molar-refractivity contribution is 6.33. The molecule has 0 aromatic heterocycles. The second kappa shape index (κ2) is 8.11. The molecule has 2 rings (SSSR count). The predicted molar refractivity (Wildman–Crippen MR) is 94.3 cm³/mol. The molecule has 132 valence electrons. The van der Waals surface area contributed by atoms with Crippen LogP contribution in [0.3, 0.4) is 0 Å². The number of aromatic carboxylic acids is 2. The fraction of sp³-hybridized carbons (Fsp3) is 0.222. The lowest BCUT2D eigenvalue weighted by Crippen LogP contribution is -2.16. The number of nitrogens with two attached hydrogens (primary N) is 1. The minimum atomic E-state index is -1.25. The Morgan fingerprint density at radius 3 is 2.32 bits per heavy atom. The van der Waals surface area contributed by atoms with Crippen molar-refractivity contribution in [2.45, 2.75) is 13.5 Å². The first-order chi connectivity index (χ1) is 11.9. The van der Waals surface area contributed by atoms with Crippen LogP contribution in [0.1, 0.15) is 31.8 Å². The van der Waals surface area contributed by atoms with Crippen LogP contribution in [-0.4, -0.2) is 35.3 Å². The fourth-order valence-corrected chi connectivity index (χ4v) is 2.96. The van der Waals surface area contributed by atoms with Crippen LogP contribution >= 0.6 is 11.6 Å². The van der Waals surface area contributed by atoms with Crippen molar-refractivity contribution in [2.24, 2.45) is 5.73 Å². The van der Waals surface area contributed by atoms with Crippen LogP contribution < -0.4 is 5.73 Å². The number of carboxylic acid groups (broad SMARTS) is 2. The number of carbonyl (C=O) groups is 2. The normalized spacial score (nSPS) is 10.7. The van der Waals surface area contributed by atoms with Crippen LogP contribution in [0.4, 0.5) is 0 Å². The summed E-state index contributed by atoms with van der Waals surface area (Å²) in [4.78, 5) is 23.6. The van der Waals surface area contributed by atoms with Gasteiger partial charge in [0.05, 0.1) is 24.3 Å². The highest BCUT2D eigenvalue weighted by atomic mass is 35.5. The number of aryl methyl sites for hydroxylation is 1. The smallest absolute Gasteiger partial charge is 0.336 e. The van der Waals surface area contributed by atoms with Crippen molar-refractivity contribution in [3.05, 3.63) is 57.6 Å². The highest BCUT2D eigenvalue weighted by Gasteiger charge is 2.26. The number of halogens is 1. The molecule has 0 heterocycles. The Kier molecular flexibility index (Phi) is 6.14. The second-order valence-corrected chi connectivity index (χ2v) is 5.81. The summed E-state index contributed by atoms with van der Waals surface area (Å²) < 4.78 is 5.34. The van der Waals surface area contributed by atoms with Crippen molar-refractivity contribution in [2.75, 3.05) is 13.2 Å². The van der Waals surface area contributed by atoms with E-state index in [0.29, 0.717) is 21.7 Å². The largest absolute Gasteiger partial charge is 0.478 e. The Bertz CT molecular complexity index is 819. The lowest BCUT2D eigenvalue weighted by atomic mass is 9.89. The molecule has 0 saturated heterocycles. The maximum atomic E-state index is 11.9. The van der Waals surface area contributed by atoms with Gasteiger partial charge in [0.2, 0.25) is 0 Å². The van der Waals surface area contributed by atoms with E-state index in [0.717, 1.165) is 0 Å². The van der Waals surface area contributed by atoms with Crippen molar-refractivity contribution in [1.82, 2.24) is 0 Å². The summed E-state index contributed by atoms with van der Waals surface area (Å²) in [7, 11) is 0. The average Bonchev–Trinajstić information content (AvgIpc) is 2.54. The number of ether oxygens (including phenoxy) is 1. The molecule has 25 heavy (non-hydrogen) atoms. The lowest BCUT2D eigenvalue weighted by Gasteiger charge is -2.18. The highest BCUT2D eigenvalue weighted by Crippen LogP contribution is 2.35. The zero-order valence-electron chi connectivity index (χ0n) is 13.6. The molecule has 0 aliphatic rings. The SMILES string of the molecule is Cc1cc(-c2ccccc2Cl)c(C(=O)O)c(COCCN)c1C(=O)O. The fourth-order valence-electron chi connectivity index (χ4n) is 2.72. The topological polar surface area (TPSA) is 110 Å². The first kappa shape index (κ1) is 18.9. The van der Waals surface area contributed by atoms with Gasteiger partial charge in [-0.15, -0.1) is 0 Å². The van der Waals surface area contributed by atoms with Gasteiger partial charge in [-0.05, 0) is 30.2 Å². The summed E-state index contributed by atoms with van der Waals surface area (Å²) in [6.45, 7) is 1.88. The summed E-state index contributed by atoms with van der Waals surface area (Å²) in [5.74, 6) is -2.46. The number of benzene rings is 2. The quantitative estimate of drug-likeness (QED) is 0.652. The van der Waals surface area contributed by atoms with Crippen LogP contribution in [0.25, 0.3) is 11.1 Å². The van der Waals surface area contributed by atoms with E-state index in [9.17, 15) is 19.8 Å². The Hall–Kier alpha value is -2.41. The third-order valence-corrected chi connectivity index (χ3v) is 4.06. The molecular formula is C18H18ClNO5. The zero-order valence-corrected chi connectivity index (χ0v) is 14.3. The van der Waals surface area contributed by atoms with Crippen LogP contribution in [0, 0.1) is 6.92 Å². The van der Waals surface area contributed by atoms with Crippen molar-refractivity contribution in [3.8, 4) is 11.1 Å². The summed E-state index contributed by atoms with van der Waals surface area (Å²) >= 11 is 6.21. The molecule has 0 aliphatic heterocycles. The zero-order chi connectivity index (χ0) is 18.6. The first-order valence-electron chi connectivity index (χ1n) is 7.54. The van der Waals surface area contributed by atoms with Crippen molar-refractivity contribution >= 4 is 23.5 Å². The lowest BCUT2D eigenvalue weighted by molar-refractivity contribution is 0.0681. The minimum absolute atomic E-state index is 0.0785. The van der Waals surface area contributed by atoms with Gasteiger partial charge in [0.25, 0.3) is 0 Å². The summed E-state index contributed by atoms with van der Waals surface area (Å²) in [6, 6.07) is 8.33. The molecule has 0 saturated carbocycles. The van der Waals surface area contributed by atoms with Gasteiger partial charge < -0.3 is 20.7 Å². The Labute approximate surface area is 149 Å². The number of hydrogen-bond acceptors (Lipinski definition) is 4. The molecule has 0 fully saturated rings. The Balaban J connectivity index is 2.79. The van der Waals surface area contributed by atoms with E-state index < -0.39 is 11.9 Å². The monoisotopic (exact) mass is 363 g/mol. The van der Waals surface area contributed by atoms with Crippen molar-refractivity contribution in [3.63, 3.8) is 0 Å². The molecule has 0 aliphatic carbocycles. The molecule has 0 atom stereocenters. The number of rotatable bonds is 7. The van der Waals surface area contributed by atoms with Gasteiger partial charge in [0.1, 0.15) is 0 Å². The first-order valence-corrected chi connectivity index (χ1v) is 7.92. The van der Waals surface area contributed by atoms with E-state index in [4.69, 9.17) is 22.1 Å². The molecule has 7 heteroatoms. The average molecular weight is 364 g/mol. The van der Waals surface area contributed by atoms with Gasteiger partial charge in [-0.1, -0.05) is 29.8 Å². The summed E-state index contributed by atoms with van der Waals surface area (Å²) in [5.41, 5.74) is 6.57. The summed E-state index contributed by atoms with van der Waals surface area (Å²) in [6.07, 6.45) is 0. The van der Waals surface area contributed by atoms with Gasteiger partial charge in [-0.3, -0.25) is 0 Å². The molecule has 6 nitrogen and oxygen atoms in total. The Morgan fingerprint density at radius 1 is 1.12 bits per heavy atom. The number of carboxylic acids is 2. The molecule has 0 amide bonds. The third-order valence-electron chi connectivity index (χ3n) is 3.73. The van der Waals surface area contributed by atoms with E-state index in [1.54, 1.807) is 31.2 Å². The van der Waals surface area contributed by atoms with Gasteiger partial charge in [0, 0.05) is 22.7 Å². The molecule has 0 spiro atoms. The standard InChI is InChI=1S/C18H18ClNO5/c1-10-8-12(11-4-2-3-5-14(11)19)16(18(23)24)13(9-25-7-6-20)15(10)17(21)22/h2-5,8H,6-7,9,20H2,1H3,(H,21,22)(H,23,24). The van der Waals surface area contributed by atoms with Crippen LogP contribution in [0.5, 0.6) is 0 Å². The van der Waals surface area contributed by atoms with Gasteiger partial charge in [-0.2, -0.15) is 0 Å². The molecule has 2 aromatic carbocycles. The molecular weight excluding hydrogens is 346 g/mol. The third kappa shape index (κ3) is 3.99. The minimum Gasteiger partial charge on any atom is -0.478 e. The van der Waals surface area contributed by atoms with E-state index in [1.165, 1.54) is 6.07 Å². The van der Waals surface area contributed by atoms with E-state index in [-0.39, 0.29) is 36.4 Å². The molecule has 0 bridgehead atoms. The Morgan fingerprint density at radius 2 is 1.76 bits per heavy atom.